The summed E-state index contributed by atoms with van der Waals surface area (Å²) in [4.78, 5) is 12.5. The highest BCUT2D eigenvalue weighted by molar-refractivity contribution is 7.99. The highest BCUT2D eigenvalue weighted by atomic mass is 32.2. The van der Waals surface area contributed by atoms with Crippen LogP contribution in [0, 0.1) is 0 Å². The van der Waals surface area contributed by atoms with Crippen molar-refractivity contribution in [2.75, 3.05) is 12.3 Å². The van der Waals surface area contributed by atoms with Gasteiger partial charge in [0.05, 0.1) is 25.8 Å². The fourth-order valence-corrected chi connectivity index (χ4v) is 3.62. The van der Waals surface area contributed by atoms with E-state index in [4.69, 9.17) is 5.73 Å². The first kappa shape index (κ1) is 14.1. The number of amides is 1. The van der Waals surface area contributed by atoms with Crippen molar-refractivity contribution in [1.29, 1.82) is 0 Å². The van der Waals surface area contributed by atoms with E-state index in [1.54, 1.807) is 0 Å². The van der Waals surface area contributed by atoms with Crippen LogP contribution in [0.1, 0.15) is 17.2 Å². The lowest BCUT2D eigenvalue weighted by molar-refractivity contribution is -0.119. The smallest absolute Gasteiger partial charge is 0.234 e. The maximum atomic E-state index is 11.1. The topological polar surface area (TPSA) is 85.8 Å². The maximum absolute atomic E-state index is 11.1. The molecule has 7 heteroatoms. The van der Waals surface area contributed by atoms with Crippen molar-refractivity contribution in [2.24, 2.45) is 5.73 Å². The Kier molecular flexibility index (Phi) is 4.21. The number of hydrogen-bond acceptors (Lipinski definition) is 5. The molecule has 0 saturated heterocycles. The van der Waals surface area contributed by atoms with Gasteiger partial charge in [-0.25, -0.2) is 0 Å². The van der Waals surface area contributed by atoms with Crippen LogP contribution in [0.3, 0.4) is 0 Å². The second-order valence-corrected chi connectivity index (χ2v) is 6.02. The minimum atomic E-state index is -0.189. The monoisotopic (exact) mass is 303 g/mol. The molecule has 3 N–H and O–H groups in total. The Morgan fingerprint density at radius 1 is 1.48 bits per heavy atom. The van der Waals surface area contributed by atoms with Crippen LogP contribution in [-0.2, 0) is 17.9 Å². The van der Waals surface area contributed by atoms with Crippen LogP contribution in [0.4, 0.5) is 0 Å². The van der Waals surface area contributed by atoms with Crippen LogP contribution >= 0.6 is 11.8 Å². The predicted molar refractivity (Wildman–Crippen MR) is 80.8 cm³/mol. The highest BCUT2D eigenvalue weighted by Crippen LogP contribution is 2.39. The molecule has 2 aromatic rings. The summed E-state index contributed by atoms with van der Waals surface area (Å²) in [5.74, 6) is 1.34. The molecule has 1 amide bonds. The zero-order valence-corrected chi connectivity index (χ0v) is 12.3. The van der Waals surface area contributed by atoms with Gasteiger partial charge >= 0.3 is 0 Å². The van der Waals surface area contributed by atoms with E-state index in [2.05, 4.69) is 39.9 Å². The molecule has 1 unspecified atom stereocenters. The first-order valence-electron chi connectivity index (χ1n) is 6.84. The van der Waals surface area contributed by atoms with E-state index in [0.717, 1.165) is 18.0 Å². The van der Waals surface area contributed by atoms with Crippen molar-refractivity contribution < 1.29 is 4.79 Å². The van der Waals surface area contributed by atoms with Gasteiger partial charge in [-0.15, -0.1) is 16.9 Å². The van der Waals surface area contributed by atoms with E-state index in [9.17, 15) is 4.79 Å². The summed E-state index contributed by atoms with van der Waals surface area (Å²) >= 11 is 1.89. The van der Waals surface area contributed by atoms with Crippen LogP contribution in [-0.4, -0.2) is 33.2 Å². The molecule has 1 atom stereocenters. The van der Waals surface area contributed by atoms with E-state index >= 15 is 0 Å². The summed E-state index contributed by atoms with van der Waals surface area (Å²) in [6.45, 7) is 1.16. The molecule has 0 radical (unpaired) electrons. The maximum Gasteiger partial charge on any atom is 0.234 e. The summed E-state index contributed by atoms with van der Waals surface area (Å²) in [5.41, 5.74) is 7.37. The minimum Gasteiger partial charge on any atom is -0.349 e. The van der Waals surface area contributed by atoms with E-state index in [1.807, 2.05) is 22.6 Å². The lowest BCUT2D eigenvalue weighted by atomic mass is 10.0. The zero-order valence-electron chi connectivity index (χ0n) is 11.5. The second-order valence-electron chi connectivity index (χ2n) is 4.96. The third kappa shape index (κ3) is 3.25. The zero-order chi connectivity index (χ0) is 14.7. The number of hydrogen-bond donors (Lipinski definition) is 2. The summed E-state index contributed by atoms with van der Waals surface area (Å²) in [7, 11) is 0. The summed E-state index contributed by atoms with van der Waals surface area (Å²) < 4.78 is 1.84. The van der Waals surface area contributed by atoms with E-state index in [1.165, 1.54) is 10.5 Å². The molecule has 0 bridgehead atoms. The average molecular weight is 303 g/mol. The van der Waals surface area contributed by atoms with Gasteiger partial charge in [0, 0.05) is 16.6 Å². The molecule has 1 aliphatic heterocycles. The molecule has 21 heavy (non-hydrogen) atoms. The van der Waals surface area contributed by atoms with Gasteiger partial charge in [0.2, 0.25) is 5.91 Å². The quantitative estimate of drug-likeness (QED) is 0.851. The number of aromatic nitrogens is 3. The fourth-order valence-electron chi connectivity index (χ4n) is 2.38. The van der Waals surface area contributed by atoms with Gasteiger partial charge in [0.15, 0.2) is 0 Å². The van der Waals surface area contributed by atoms with Crippen LogP contribution < -0.4 is 11.1 Å². The highest BCUT2D eigenvalue weighted by Gasteiger charge is 2.23. The van der Waals surface area contributed by atoms with Crippen molar-refractivity contribution >= 4 is 17.7 Å². The number of benzene rings is 1. The fraction of sp³-hybridized carbons (Fsp3) is 0.357. The molecular formula is C14H17N5OS. The summed E-state index contributed by atoms with van der Waals surface area (Å²) in [6.07, 6.45) is 1.88. The van der Waals surface area contributed by atoms with E-state index < -0.39 is 0 Å². The lowest BCUT2D eigenvalue weighted by Gasteiger charge is -2.09. The van der Waals surface area contributed by atoms with Gasteiger partial charge < -0.3 is 11.1 Å². The Bertz CT molecular complexity index is 642. The van der Waals surface area contributed by atoms with Gasteiger partial charge in [-0.05, 0) is 11.6 Å². The van der Waals surface area contributed by atoms with Crippen LogP contribution in [0.25, 0.3) is 0 Å². The van der Waals surface area contributed by atoms with Gasteiger partial charge in [-0.1, -0.05) is 23.4 Å². The number of thioether (sulfide) groups is 1. The average Bonchev–Trinajstić information content (AvgIpc) is 3.13. The number of fused-ring (bicyclic) bond motifs is 1. The molecule has 0 saturated carbocycles. The molecule has 3 rings (SSSR count). The van der Waals surface area contributed by atoms with Gasteiger partial charge in [-0.2, -0.15) is 0 Å². The summed E-state index contributed by atoms with van der Waals surface area (Å²) in [6, 6.07) is 8.49. The molecule has 6 nitrogen and oxygen atoms in total. The molecule has 1 aromatic heterocycles. The van der Waals surface area contributed by atoms with Crippen LogP contribution in [0.15, 0.2) is 35.4 Å². The Hall–Kier alpha value is -1.86. The Morgan fingerprint density at radius 3 is 3.19 bits per heavy atom. The van der Waals surface area contributed by atoms with Gasteiger partial charge in [0.25, 0.3) is 0 Å². The van der Waals surface area contributed by atoms with Crippen LogP contribution in [0.5, 0.6) is 0 Å². The van der Waals surface area contributed by atoms with Gasteiger partial charge in [0.1, 0.15) is 5.69 Å². The van der Waals surface area contributed by atoms with E-state index in [0.29, 0.717) is 12.5 Å². The van der Waals surface area contributed by atoms with Crippen molar-refractivity contribution in [1.82, 2.24) is 20.3 Å². The molecule has 0 spiro atoms. The van der Waals surface area contributed by atoms with Gasteiger partial charge in [-0.3, -0.25) is 9.48 Å². The van der Waals surface area contributed by atoms with Crippen molar-refractivity contribution in [2.45, 2.75) is 23.9 Å². The number of nitrogens with two attached hydrogens (primary N) is 1. The first-order chi connectivity index (χ1) is 10.3. The third-order valence-electron chi connectivity index (χ3n) is 3.44. The number of nitrogens with one attached hydrogen (secondary N) is 1. The Labute approximate surface area is 127 Å². The minimum absolute atomic E-state index is 0.00970. The molecule has 0 fully saturated rings. The molecular weight excluding hydrogens is 286 g/mol. The summed E-state index contributed by atoms with van der Waals surface area (Å²) in [5, 5.41) is 10.9. The largest absolute Gasteiger partial charge is 0.349 e. The lowest BCUT2D eigenvalue weighted by Crippen LogP contribution is -2.29. The number of carbonyl (C=O) groups excluding carboxylic acids is 1. The standard InChI is InChI=1S/C14H17N5OS/c15-5-14(20)16-6-11-8-19(18-17-11)7-10-9-21-13-4-2-1-3-12(10)13/h1-4,8,10H,5-7,9,15H2,(H,16,20). The molecule has 1 aliphatic rings. The SMILES string of the molecule is NCC(=O)NCc1cn(CC2CSc3ccccc32)nn1. The second kappa shape index (κ2) is 6.28. The number of nitrogens with zero attached hydrogens (tertiary/aromatic N) is 3. The number of rotatable bonds is 5. The molecule has 0 aliphatic carbocycles. The molecule has 1 aromatic carbocycles. The Morgan fingerprint density at radius 2 is 2.33 bits per heavy atom. The predicted octanol–water partition coefficient (Wildman–Crippen LogP) is 0.742. The third-order valence-corrected chi connectivity index (χ3v) is 4.70. The van der Waals surface area contributed by atoms with E-state index in [-0.39, 0.29) is 12.5 Å². The van der Waals surface area contributed by atoms with Crippen molar-refractivity contribution in [3.8, 4) is 0 Å². The first-order valence-corrected chi connectivity index (χ1v) is 7.82. The van der Waals surface area contributed by atoms with Crippen molar-refractivity contribution in [3.63, 3.8) is 0 Å². The molecule has 110 valence electrons. The normalized spacial score (nSPS) is 16.7. The van der Waals surface area contributed by atoms with Crippen LogP contribution in [0.2, 0.25) is 0 Å². The Balaban J connectivity index is 1.62. The molecule has 2 heterocycles. The van der Waals surface area contributed by atoms with Crippen molar-refractivity contribution in [3.05, 3.63) is 41.7 Å². The number of carbonyl (C=O) groups is 1.